The predicted octanol–water partition coefficient (Wildman–Crippen LogP) is 12.2. The summed E-state index contributed by atoms with van der Waals surface area (Å²) in [5.41, 5.74) is 8.63. The molecule has 3 aromatic carbocycles. The van der Waals surface area contributed by atoms with Gasteiger partial charge in [-0.05, 0) is 128 Å². The van der Waals surface area contributed by atoms with Crippen molar-refractivity contribution in [2.24, 2.45) is 5.41 Å². The minimum absolute atomic E-state index is 0.0689. The predicted molar refractivity (Wildman–Crippen MR) is 223 cm³/mol. The van der Waals surface area contributed by atoms with Gasteiger partial charge in [-0.2, -0.15) is 0 Å². The largest absolute Gasteiger partial charge is 0.467 e. The molecule has 2 atom stereocenters. The lowest BCUT2D eigenvalue weighted by atomic mass is 9.69. The van der Waals surface area contributed by atoms with Crippen LogP contribution in [0.25, 0.3) is 11.1 Å². The van der Waals surface area contributed by atoms with Crippen LogP contribution in [0.2, 0.25) is 18.1 Å². The summed E-state index contributed by atoms with van der Waals surface area (Å²) in [5.74, 6) is -0.562. The van der Waals surface area contributed by atoms with Crippen molar-refractivity contribution in [1.82, 2.24) is 5.32 Å². The van der Waals surface area contributed by atoms with Gasteiger partial charge in [0.25, 0.3) is 0 Å². The lowest BCUT2D eigenvalue weighted by Gasteiger charge is -2.43. The minimum atomic E-state index is -1.90. The molecule has 0 aliphatic heterocycles. The highest BCUT2D eigenvalue weighted by Crippen LogP contribution is 2.43. The summed E-state index contributed by atoms with van der Waals surface area (Å²) in [7, 11) is -0.593. The molecule has 0 bridgehead atoms. The molecule has 3 aromatic rings. The number of amides is 1. The molecule has 0 fully saturated rings. The van der Waals surface area contributed by atoms with Crippen molar-refractivity contribution in [1.29, 1.82) is 0 Å². The van der Waals surface area contributed by atoms with Crippen LogP contribution in [0.4, 0.5) is 4.79 Å². The summed E-state index contributed by atoms with van der Waals surface area (Å²) in [5, 5.41) is 2.84. The van der Waals surface area contributed by atoms with Gasteiger partial charge in [0.1, 0.15) is 5.60 Å². The van der Waals surface area contributed by atoms with E-state index in [1.165, 1.54) is 34.9 Å². The molecule has 0 saturated heterocycles. The molecule has 0 aromatic heterocycles. The van der Waals surface area contributed by atoms with Crippen LogP contribution in [0.3, 0.4) is 0 Å². The Morgan fingerprint density at radius 1 is 0.774 bits per heavy atom. The van der Waals surface area contributed by atoms with Crippen LogP contribution in [0, 0.1) is 19.3 Å². The van der Waals surface area contributed by atoms with E-state index in [0.29, 0.717) is 5.56 Å². The Morgan fingerprint density at radius 3 is 1.77 bits per heavy atom. The fourth-order valence-electron chi connectivity index (χ4n) is 6.96. The highest BCUT2D eigenvalue weighted by atomic mass is 28.4. The van der Waals surface area contributed by atoms with E-state index in [-0.39, 0.29) is 22.0 Å². The molecule has 292 valence electrons. The summed E-state index contributed by atoms with van der Waals surface area (Å²) in [6.07, 6.45) is 3.51. The van der Waals surface area contributed by atoms with Gasteiger partial charge in [-0.25, -0.2) is 9.59 Å². The Labute approximate surface area is 322 Å². The molecule has 1 unspecified atom stereocenters. The molecule has 0 radical (unpaired) electrons. The third-order valence-electron chi connectivity index (χ3n) is 11.4. The van der Waals surface area contributed by atoms with E-state index in [0.717, 1.165) is 36.8 Å². The van der Waals surface area contributed by atoms with Crippen LogP contribution in [-0.4, -0.2) is 39.2 Å². The van der Waals surface area contributed by atoms with Gasteiger partial charge in [-0.1, -0.05) is 116 Å². The molecule has 0 aliphatic carbocycles. The van der Waals surface area contributed by atoms with E-state index in [9.17, 15) is 9.59 Å². The first kappa shape index (κ1) is 44.0. The van der Waals surface area contributed by atoms with Gasteiger partial charge >= 0.3 is 12.1 Å². The Hall–Kier alpha value is -3.42. The summed E-state index contributed by atoms with van der Waals surface area (Å²) in [6, 6.07) is 20.7. The second-order valence-corrected chi connectivity index (χ2v) is 23.2. The summed E-state index contributed by atoms with van der Waals surface area (Å²) < 4.78 is 17.4. The number of aryl methyl sites for hydroxylation is 3. The topological polar surface area (TPSA) is 73.9 Å². The number of hydrogen-bond acceptors (Lipinski definition) is 5. The van der Waals surface area contributed by atoms with E-state index < -0.39 is 32.0 Å². The van der Waals surface area contributed by atoms with Crippen LogP contribution in [-0.2, 0) is 30.5 Å². The van der Waals surface area contributed by atoms with Crippen molar-refractivity contribution >= 4 is 20.4 Å². The maximum Gasteiger partial charge on any atom is 0.408 e. The van der Waals surface area contributed by atoms with Crippen LogP contribution < -0.4 is 5.32 Å². The number of methoxy groups -OCH3 is 1. The van der Waals surface area contributed by atoms with Gasteiger partial charge < -0.3 is 19.2 Å². The Kier molecular flexibility index (Phi) is 14.1. The number of benzene rings is 3. The third-order valence-corrected chi connectivity index (χ3v) is 15.9. The van der Waals surface area contributed by atoms with Crippen LogP contribution in [0.1, 0.15) is 135 Å². The molecule has 0 spiro atoms. The molecule has 3 rings (SSSR count). The molecular weight excluding hydrogens is 675 g/mol. The van der Waals surface area contributed by atoms with E-state index in [4.69, 9.17) is 13.9 Å². The van der Waals surface area contributed by atoms with Gasteiger partial charge in [0.2, 0.25) is 0 Å². The Morgan fingerprint density at radius 2 is 1.32 bits per heavy atom. The molecule has 0 aliphatic rings. The van der Waals surface area contributed by atoms with E-state index >= 15 is 0 Å². The van der Waals surface area contributed by atoms with Crippen molar-refractivity contribution < 1.29 is 23.5 Å². The lowest BCUT2D eigenvalue weighted by Crippen LogP contribution is -2.47. The standard InChI is InChI=1S/C46H69NO5Si/c1-17-46(18-2,36-25-23-33(31(3)29-36)24-28-39(43(5,6)7)52-53(15,16)45(11,12)13)37-26-27-38(32(4)30-37)34-19-21-35(22-20-34)40(41(48)50-14)47-42(49)51-44(8,9)10/h19-23,25-27,29-30,39-40H,17-18,24,28H2,1-16H3,(H,47,49)/t39?,40-/m1/s1. The maximum absolute atomic E-state index is 12.6. The first-order valence-corrected chi connectivity index (χ1v) is 22.4. The number of carbonyl (C=O) groups excluding carboxylic acids is 2. The number of nitrogens with one attached hydrogen (secondary N) is 1. The van der Waals surface area contributed by atoms with Crippen molar-refractivity contribution in [3.05, 3.63) is 94.0 Å². The quantitative estimate of drug-likeness (QED) is 0.139. The van der Waals surface area contributed by atoms with Crippen molar-refractivity contribution in [3.8, 4) is 11.1 Å². The SMILES string of the molecule is CCC(CC)(c1ccc(CCC(O[Si](C)(C)C(C)(C)C)C(C)(C)C)c(C)c1)c1ccc(-c2ccc([C@@H](NC(=O)OC(C)(C)C)C(=O)OC)cc2)c(C)c1. The first-order chi connectivity index (χ1) is 24.4. The second kappa shape index (κ2) is 16.9. The number of esters is 1. The van der Waals surface area contributed by atoms with Crippen LogP contribution in [0.15, 0.2) is 60.7 Å². The summed E-state index contributed by atoms with van der Waals surface area (Å²) >= 11 is 0. The van der Waals surface area contributed by atoms with Crippen molar-refractivity contribution in [2.75, 3.05) is 7.11 Å². The van der Waals surface area contributed by atoms with E-state index in [1.807, 2.05) is 24.3 Å². The lowest BCUT2D eigenvalue weighted by molar-refractivity contribution is -0.143. The normalized spacial score (nSPS) is 14.0. The van der Waals surface area contributed by atoms with E-state index in [2.05, 4.69) is 124 Å². The van der Waals surface area contributed by atoms with Gasteiger partial charge in [0, 0.05) is 5.41 Å². The van der Waals surface area contributed by atoms with Gasteiger partial charge in [-0.3, -0.25) is 0 Å². The van der Waals surface area contributed by atoms with Crippen LogP contribution in [0.5, 0.6) is 0 Å². The molecular formula is C46H69NO5Si. The zero-order valence-electron chi connectivity index (χ0n) is 35.8. The summed E-state index contributed by atoms with van der Waals surface area (Å²) in [4.78, 5) is 25.1. The summed E-state index contributed by atoms with van der Waals surface area (Å²) in [6.45, 7) is 33.0. The number of carbonyl (C=O) groups is 2. The van der Waals surface area contributed by atoms with Crippen molar-refractivity contribution in [2.45, 2.75) is 157 Å². The highest BCUT2D eigenvalue weighted by molar-refractivity contribution is 6.74. The van der Waals surface area contributed by atoms with Crippen LogP contribution >= 0.6 is 0 Å². The molecule has 7 heteroatoms. The fraction of sp³-hybridized carbons (Fsp3) is 0.565. The van der Waals surface area contributed by atoms with Gasteiger partial charge in [-0.15, -0.1) is 0 Å². The average Bonchev–Trinajstić information content (AvgIpc) is 3.05. The smallest absolute Gasteiger partial charge is 0.408 e. The number of hydrogen-bond donors (Lipinski definition) is 1. The van der Waals surface area contributed by atoms with Gasteiger partial charge in [0.15, 0.2) is 14.4 Å². The third kappa shape index (κ3) is 10.8. The molecule has 6 nitrogen and oxygen atoms in total. The molecule has 1 N–H and O–H groups in total. The minimum Gasteiger partial charge on any atom is -0.467 e. The second-order valence-electron chi connectivity index (χ2n) is 18.5. The first-order valence-electron chi connectivity index (χ1n) is 19.5. The highest BCUT2D eigenvalue weighted by Gasteiger charge is 2.41. The monoisotopic (exact) mass is 743 g/mol. The van der Waals surface area contributed by atoms with Gasteiger partial charge in [0.05, 0.1) is 13.2 Å². The zero-order valence-corrected chi connectivity index (χ0v) is 36.8. The Balaban J connectivity index is 1.88. The number of rotatable bonds is 13. The Bertz CT molecular complexity index is 1700. The average molecular weight is 744 g/mol. The fourth-order valence-corrected chi connectivity index (χ4v) is 8.49. The number of ether oxygens (including phenoxy) is 2. The molecule has 1 amide bonds. The maximum atomic E-state index is 12.6. The molecule has 53 heavy (non-hydrogen) atoms. The molecule has 0 heterocycles. The van der Waals surface area contributed by atoms with Crippen molar-refractivity contribution in [3.63, 3.8) is 0 Å². The zero-order chi connectivity index (χ0) is 40.2. The van der Waals surface area contributed by atoms with E-state index in [1.54, 1.807) is 20.8 Å². The number of alkyl carbamates (subject to hydrolysis) is 1. The molecule has 0 saturated carbocycles.